The van der Waals surface area contributed by atoms with Crippen molar-refractivity contribution in [1.29, 1.82) is 0 Å². The average Bonchev–Trinajstić information content (AvgIpc) is 2.98. The maximum absolute atomic E-state index is 11.7. The van der Waals surface area contributed by atoms with Crippen molar-refractivity contribution in [2.24, 2.45) is 0 Å². The van der Waals surface area contributed by atoms with Gasteiger partial charge >= 0.3 is 0 Å². The zero-order valence-electron chi connectivity index (χ0n) is 11.9. The molecular weight excluding hydrogens is 284 g/mol. The van der Waals surface area contributed by atoms with E-state index in [1.165, 1.54) is 4.88 Å². The first-order chi connectivity index (χ1) is 10.2. The molecular formula is C16H20N2O2S. The predicted octanol–water partition coefficient (Wildman–Crippen LogP) is 3.31. The Morgan fingerprint density at radius 1 is 1.19 bits per heavy atom. The Labute approximate surface area is 128 Å². The van der Waals surface area contributed by atoms with Gasteiger partial charge in [-0.2, -0.15) is 0 Å². The minimum absolute atomic E-state index is 0.00151. The van der Waals surface area contributed by atoms with Crippen molar-refractivity contribution < 1.29 is 9.53 Å². The molecule has 1 heterocycles. The Bertz CT molecular complexity index is 538. The number of benzene rings is 1. The van der Waals surface area contributed by atoms with Crippen LogP contribution in [0.5, 0.6) is 0 Å². The normalized spacial score (nSPS) is 10.5. The molecule has 2 aromatic rings. The molecule has 1 amide bonds. The minimum Gasteiger partial charge on any atom is -0.399 e. The van der Waals surface area contributed by atoms with E-state index >= 15 is 0 Å². The van der Waals surface area contributed by atoms with Crippen LogP contribution in [-0.4, -0.2) is 19.1 Å². The molecule has 0 aliphatic heterocycles. The highest BCUT2D eigenvalue weighted by Gasteiger charge is 2.02. The smallest absolute Gasteiger partial charge is 0.224 e. The fourth-order valence-electron chi connectivity index (χ4n) is 1.85. The molecule has 0 aliphatic rings. The van der Waals surface area contributed by atoms with Crippen LogP contribution < -0.4 is 11.1 Å². The molecule has 112 valence electrons. The average molecular weight is 304 g/mol. The van der Waals surface area contributed by atoms with Gasteiger partial charge in [-0.1, -0.05) is 6.07 Å². The lowest BCUT2D eigenvalue weighted by molar-refractivity contribution is -0.116. The molecule has 0 aliphatic carbocycles. The number of rotatable bonds is 8. The number of nitrogen functional groups attached to an aromatic ring is 1. The van der Waals surface area contributed by atoms with Crippen molar-refractivity contribution in [1.82, 2.24) is 0 Å². The molecule has 0 saturated carbocycles. The molecule has 0 saturated heterocycles. The molecule has 2 rings (SSSR count). The summed E-state index contributed by atoms with van der Waals surface area (Å²) in [5, 5.41) is 4.90. The molecule has 0 atom stereocenters. The molecule has 1 aromatic carbocycles. The molecule has 5 heteroatoms. The Kier molecular flexibility index (Phi) is 6.24. The van der Waals surface area contributed by atoms with Gasteiger partial charge in [-0.25, -0.2) is 0 Å². The number of hydrogen-bond donors (Lipinski definition) is 2. The van der Waals surface area contributed by atoms with E-state index in [1.807, 2.05) is 6.07 Å². The number of amides is 1. The summed E-state index contributed by atoms with van der Waals surface area (Å²) in [5.41, 5.74) is 7.05. The van der Waals surface area contributed by atoms with E-state index in [9.17, 15) is 4.79 Å². The zero-order valence-corrected chi connectivity index (χ0v) is 12.7. The van der Waals surface area contributed by atoms with Gasteiger partial charge in [0.1, 0.15) is 0 Å². The number of hydrogen-bond acceptors (Lipinski definition) is 4. The van der Waals surface area contributed by atoms with Crippen molar-refractivity contribution in [3.8, 4) is 0 Å². The van der Waals surface area contributed by atoms with Crippen LogP contribution in [0.2, 0.25) is 0 Å². The van der Waals surface area contributed by atoms with Crippen LogP contribution in [0.1, 0.15) is 17.7 Å². The van der Waals surface area contributed by atoms with Crippen molar-refractivity contribution in [3.63, 3.8) is 0 Å². The zero-order chi connectivity index (χ0) is 14.9. The summed E-state index contributed by atoms with van der Waals surface area (Å²) in [5.74, 6) is 0.00151. The van der Waals surface area contributed by atoms with Crippen LogP contribution >= 0.6 is 11.3 Å². The molecule has 0 fully saturated rings. The summed E-state index contributed by atoms with van der Waals surface area (Å²) in [6, 6.07) is 11.3. The topological polar surface area (TPSA) is 64.3 Å². The minimum atomic E-state index is 0.00151. The lowest BCUT2D eigenvalue weighted by Crippen LogP contribution is -2.12. The predicted molar refractivity (Wildman–Crippen MR) is 87.6 cm³/mol. The van der Waals surface area contributed by atoms with E-state index in [-0.39, 0.29) is 5.91 Å². The van der Waals surface area contributed by atoms with E-state index in [4.69, 9.17) is 10.5 Å². The summed E-state index contributed by atoms with van der Waals surface area (Å²) in [4.78, 5) is 13.1. The third kappa shape index (κ3) is 5.97. The monoisotopic (exact) mass is 304 g/mol. The molecule has 4 nitrogen and oxygen atoms in total. The second kappa shape index (κ2) is 8.44. The molecule has 3 N–H and O–H groups in total. The fraction of sp³-hybridized carbons (Fsp3) is 0.312. The van der Waals surface area contributed by atoms with Crippen molar-refractivity contribution in [3.05, 3.63) is 46.7 Å². The molecule has 0 spiro atoms. The summed E-state index contributed by atoms with van der Waals surface area (Å²) in [6.45, 7) is 1.32. The van der Waals surface area contributed by atoms with E-state index in [1.54, 1.807) is 35.6 Å². The number of carbonyl (C=O) groups excluding carboxylic acids is 1. The lowest BCUT2D eigenvalue weighted by Gasteiger charge is -2.06. The van der Waals surface area contributed by atoms with E-state index in [0.29, 0.717) is 25.3 Å². The maximum atomic E-state index is 11.7. The van der Waals surface area contributed by atoms with Gasteiger partial charge < -0.3 is 15.8 Å². The van der Waals surface area contributed by atoms with Gasteiger partial charge in [-0.3, -0.25) is 4.79 Å². The van der Waals surface area contributed by atoms with Gasteiger partial charge in [0.05, 0.1) is 6.61 Å². The summed E-state index contributed by atoms with van der Waals surface area (Å²) < 4.78 is 5.53. The Balaban J connectivity index is 1.54. The van der Waals surface area contributed by atoms with Crippen LogP contribution in [0, 0.1) is 0 Å². The number of carbonyl (C=O) groups is 1. The lowest BCUT2D eigenvalue weighted by atomic mass is 10.2. The fourth-order valence-corrected chi connectivity index (χ4v) is 2.54. The van der Waals surface area contributed by atoms with Gasteiger partial charge in [0.2, 0.25) is 5.91 Å². The Morgan fingerprint density at radius 2 is 2.00 bits per heavy atom. The van der Waals surface area contributed by atoms with Gasteiger partial charge in [0, 0.05) is 35.7 Å². The molecule has 0 bridgehead atoms. The van der Waals surface area contributed by atoms with Crippen molar-refractivity contribution in [2.45, 2.75) is 19.3 Å². The highest BCUT2D eigenvalue weighted by Crippen LogP contribution is 2.11. The first-order valence-electron chi connectivity index (χ1n) is 6.99. The molecule has 21 heavy (non-hydrogen) atoms. The van der Waals surface area contributed by atoms with E-state index in [0.717, 1.165) is 18.5 Å². The molecule has 1 aromatic heterocycles. The first-order valence-corrected chi connectivity index (χ1v) is 7.87. The van der Waals surface area contributed by atoms with Crippen molar-refractivity contribution >= 4 is 28.6 Å². The number of thiophene rings is 1. The van der Waals surface area contributed by atoms with E-state index < -0.39 is 0 Å². The maximum Gasteiger partial charge on any atom is 0.224 e. The van der Waals surface area contributed by atoms with Crippen LogP contribution in [0.25, 0.3) is 0 Å². The Morgan fingerprint density at radius 3 is 2.71 bits per heavy atom. The largest absolute Gasteiger partial charge is 0.399 e. The van der Waals surface area contributed by atoms with Crippen LogP contribution in [0.3, 0.4) is 0 Å². The third-order valence-corrected chi connectivity index (χ3v) is 3.90. The first kappa shape index (κ1) is 15.5. The number of ether oxygens (including phenoxy) is 1. The SMILES string of the molecule is Nc1ccc(NC(=O)CCCOCCc2cccs2)cc1. The molecule has 0 radical (unpaired) electrons. The number of nitrogens with one attached hydrogen (secondary N) is 1. The number of nitrogens with two attached hydrogens (primary N) is 1. The third-order valence-electron chi connectivity index (χ3n) is 2.96. The number of anilines is 2. The Hall–Kier alpha value is -1.85. The second-order valence-corrected chi connectivity index (χ2v) is 5.75. The van der Waals surface area contributed by atoms with Gasteiger partial charge in [0.15, 0.2) is 0 Å². The highest BCUT2D eigenvalue weighted by atomic mass is 32.1. The van der Waals surface area contributed by atoms with Crippen LogP contribution in [0.15, 0.2) is 41.8 Å². The van der Waals surface area contributed by atoms with Gasteiger partial charge in [0.25, 0.3) is 0 Å². The van der Waals surface area contributed by atoms with Crippen LogP contribution in [-0.2, 0) is 16.0 Å². The highest BCUT2D eigenvalue weighted by molar-refractivity contribution is 7.09. The molecule has 0 unspecified atom stereocenters. The second-order valence-electron chi connectivity index (χ2n) is 4.72. The standard InChI is InChI=1S/C16H20N2O2S/c17-13-5-7-14(8-6-13)18-16(19)4-1-10-20-11-9-15-3-2-12-21-15/h2-3,5-8,12H,1,4,9-11,17H2,(H,18,19). The summed E-state index contributed by atoms with van der Waals surface area (Å²) in [6.07, 6.45) is 2.13. The van der Waals surface area contributed by atoms with Gasteiger partial charge in [-0.15, -0.1) is 11.3 Å². The van der Waals surface area contributed by atoms with E-state index in [2.05, 4.69) is 16.8 Å². The summed E-state index contributed by atoms with van der Waals surface area (Å²) in [7, 11) is 0. The van der Waals surface area contributed by atoms with Gasteiger partial charge in [-0.05, 0) is 42.1 Å². The van der Waals surface area contributed by atoms with Crippen LogP contribution in [0.4, 0.5) is 11.4 Å². The van der Waals surface area contributed by atoms with Crippen molar-refractivity contribution in [2.75, 3.05) is 24.3 Å². The summed E-state index contributed by atoms with van der Waals surface area (Å²) >= 11 is 1.74. The quantitative estimate of drug-likeness (QED) is 0.581.